The molecule has 6 nitrogen and oxygen atoms in total. The van der Waals surface area contributed by atoms with Gasteiger partial charge in [0, 0.05) is 18.4 Å². The lowest BCUT2D eigenvalue weighted by Crippen LogP contribution is -2.67. The summed E-state index contributed by atoms with van der Waals surface area (Å²) in [5.41, 5.74) is -0.967. The predicted octanol–water partition coefficient (Wildman–Crippen LogP) is 2.06. The zero-order valence-electron chi connectivity index (χ0n) is 17.1. The van der Waals surface area contributed by atoms with Gasteiger partial charge in [-0.05, 0) is 74.2 Å². The highest BCUT2D eigenvalue weighted by Gasteiger charge is 2.79. The van der Waals surface area contributed by atoms with Gasteiger partial charge >= 0.3 is 5.97 Å². The summed E-state index contributed by atoms with van der Waals surface area (Å²) in [6, 6.07) is 0. The maximum atomic E-state index is 11.7. The molecule has 1 spiro atoms. The molecule has 0 aromatic rings. The van der Waals surface area contributed by atoms with Crippen LogP contribution in [0.3, 0.4) is 0 Å². The first kappa shape index (κ1) is 18.8. The van der Waals surface area contributed by atoms with Crippen molar-refractivity contribution in [1.82, 2.24) is 0 Å². The molecule has 0 radical (unpaired) electrons. The van der Waals surface area contributed by atoms with Gasteiger partial charge < -0.3 is 24.8 Å². The average molecular weight is 405 g/mol. The van der Waals surface area contributed by atoms with E-state index in [0.717, 1.165) is 37.7 Å². The zero-order chi connectivity index (χ0) is 20.2. The molecule has 0 unspecified atom stereocenters. The number of aliphatic hydroxyl groups excluding tert-OH is 2. The fourth-order valence-corrected chi connectivity index (χ4v) is 9.19. The van der Waals surface area contributed by atoms with Gasteiger partial charge in [0.25, 0.3) is 0 Å². The number of aliphatic hydroxyl groups is 3. The van der Waals surface area contributed by atoms with E-state index in [2.05, 4.69) is 6.92 Å². The average Bonchev–Trinajstić information content (AvgIpc) is 3.29. The van der Waals surface area contributed by atoms with Crippen LogP contribution in [0.2, 0.25) is 0 Å². The number of esters is 1. The van der Waals surface area contributed by atoms with Crippen molar-refractivity contribution in [2.24, 2.45) is 28.6 Å². The van der Waals surface area contributed by atoms with E-state index in [1.165, 1.54) is 0 Å². The summed E-state index contributed by atoms with van der Waals surface area (Å²) in [7, 11) is 0. The number of hydrogen-bond donors (Lipinski definition) is 3. The molecule has 4 aliphatic carbocycles. The fraction of sp³-hybridized carbons (Fsp3) is 0.870. The Morgan fingerprint density at radius 2 is 1.86 bits per heavy atom. The summed E-state index contributed by atoms with van der Waals surface area (Å²) in [4.78, 5) is 11.7. The molecule has 29 heavy (non-hydrogen) atoms. The molecule has 3 N–H and O–H groups in total. The van der Waals surface area contributed by atoms with Crippen LogP contribution in [0.15, 0.2) is 11.6 Å². The van der Waals surface area contributed by atoms with Gasteiger partial charge in [-0.1, -0.05) is 6.92 Å². The maximum absolute atomic E-state index is 11.7. The Morgan fingerprint density at radius 1 is 1.03 bits per heavy atom. The van der Waals surface area contributed by atoms with Crippen LogP contribution in [-0.4, -0.2) is 51.5 Å². The molecule has 9 atom stereocenters. The van der Waals surface area contributed by atoms with E-state index >= 15 is 0 Å². The number of cyclic esters (lactones) is 1. The standard InChI is InChI=1S/C23H32O6/c1-20-6-5-17-22-7-4-14(24)11-21(22,27)8-9-23(17,29-19(22)26)16(20)3-2-15(20)13-10-18(25)28-12-13/h10,14-17,19,24,26-27H,2-9,11-12H2,1H3/t14-,15-,16-,17-,19+,20+,21+,22-,23-/m0/s1. The summed E-state index contributed by atoms with van der Waals surface area (Å²) >= 11 is 0. The monoisotopic (exact) mass is 404 g/mol. The Kier molecular flexibility index (Phi) is 3.65. The molecule has 0 amide bonds. The van der Waals surface area contributed by atoms with Crippen molar-refractivity contribution in [2.75, 3.05) is 6.61 Å². The minimum absolute atomic E-state index is 0.0190. The first-order chi connectivity index (χ1) is 13.8. The molecule has 6 aliphatic rings. The summed E-state index contributed by atoms with van der Waals surface area (Å²) in [5, 5.41) is 33.1. The van der Waals surface area contributed by atoms with E-state index in [4.69, 9.17) is 9.47 Å². The Bertz CT molecular complexity index is 794. The molecule has 6 heteroatoms. The number of carbonyl (C=O) groups is 1. The number of fused-ring (bicyclic) bond motifs is 1. The fourth-order valence-electron chi connectivity index (χ4n) is 9.19. The smallest absolute Gasteiger partial charge is 0.331 e. The van der Waals surface area contributed by atoms with E-state index in [0.29, 0.717) is 44.1 Å². The normalized spacial score (nSPS) is 58.3. The number of ether oxygens (including phenoxy) is 2. The lowest BCUT2D eigenvalue weighted by Gasteiger charge is -2.63. The zero-order valence-corrected chi connectivity index (χ0v) is 17.1. The molecule has 2 aliphatic heterocycles. The summed E-state index contributed by atoms with van der Waals surface area (Å²) in [6.45, 7) is 2.75. The largest absolute Gasteiger partial charge is 0.458 e. The van der Waals surface area contributed by atoms with Gasteiger partial charge in [-0.3, -0.25) is 0 Å². The molecule has 0 aromatic heterocycles. The predicted molar refractivity (Wildman–Crippen MR) is 102 cm³/mol. The topological polar surface area (TPSA) is 96.2 Å². The highest BCUT2D eigenvalue weighted by atomic mass is 16.6. The minimum atomic E-state index is -1.05. The highest BCUT2D eigenvalue weighted by Crippen LogP contribution is 2.75. The van der Waals surface area contributed by atoms with E-state index in [1.807, 2.05) is 0 Å². The van der Waals surface area contributed by atoms with Gasteiger partial charge in [0.2, 0.25) is 0 Å². The second-order valence-corrected chi connectivity index (χ2v) is 11.0. The van der Waals surface area contributed by atoms with Crippen molar-refractivity contribution in [3.63, 3.8) is 0 Å². The molecular weight excluding hydrogens is 372 g/mol. The first-order valence-corrected chi connectivity index (χ1v) is 11.4. The second kappa shape index (κ2) is 5.64. The summed E-state index contributed by atoms with van der Waals surface area (Å²) < 4.78 is 11.8. The van der Waals surface area contributed by atoms with Crippen LogP contribution in [0, 0.1) is 28.6 Å². The van der Waals surface area contributed by atoms with Crippen molar-refractivity contribution < 1.29 is 29.6 Å². The molecule has 4 saturated carbocycles. The van der Waals surface area contributed by atoms with Gasteiger partial charge in [0.1, 0.15) is 6.61 Å². The third-order valence-corrected chi connectivity index (χ3v) is 10.3. The highest BCUT2D eigenvalue weighted by molar-refractivity contribution is 5.85. The van der Waals surface area contributed by atoms with Gasteiger partial charge in [-0.15, -0.1) is 0 Å². The molecule has 5 fully saturated rings. The summed E-state index contributed by atoms with van der Waals surface area (Å²) in [5.74, 6) is 0.527. The first-order valence-electron chi connectivity index (χ1n) is 11.4. The van der Waals surface area contributed by atoms with Crippen molar-refractivity contribution in [1.29, 1.82) is 0 Å². The van der Waals surface area contributed by atoms with Gasteiger partial charge in [0.05, 0.1) is 22.7 Å². The SMILES string of the molecule is C[C@]12CC[C@@H]3[C@]4(CC[C@@]5(O)C[C@@H](O)CC[C@@]35[C@H](O)O4)[C@H]1CC[C@H]2C1=CC(=O)OC1. The Balaban J connectivity index is 1.40. The van der Waals surface area contributed by atoms with Crippen LogP contribution in [0.1, 0.15) is 64.7 Å². The van der Waals surface area contributed by atoms with Crippen molar-refractivity contribution >= 4 is 5.97 Å². The van der Waals surface area contributed by atoms with Crippen LogP contribution in [0.4, 0.5) is 0 Å². The van der Waals surface area contributed by atoms with E-state index in [9.17, 15) is 20.1 Å². The quantitative estimate of drug-likeness (QED) is 0.579. The van der Waals surface area contributed by atoms with E-state index < -0.39 is 29.0 Å². The molecule has 160 valence electrons. The summed E-state index contributed by atoms with van der Waals surface area (Å²) in [6.07, 6.45) is 7.10. The molecule has 2 heterocycles. The number of carbonyl (C=O) groups excluding carboxylic acids is 1. The third kappa shape index (κ3) is 2.05. The Hall–Kier alpha value is -0.950. The Labute approximate surface area is 171 Å². The van der Waals surface area contributed by atoms with Crippen LogP contribution in [-0.2, 0) is 14.3 Å². The lowest BCUT2D eigenvalue weighted by atomic mass is 9.42. The van der Waals surface area contributed by atoms with Gasteiger partial charge in [-0.2, -0.15) is 0 Å². The van der Waals surface area contributed by atoms with E-state index in [-0.39, 0.29) is 17.3 Å². The van der Waals surface area contributed by atoms with Crippen LogP contribution in [0.25, 0.3) is 0 Å². The molecule has 2 bridgehead atoms. The van der Waals surface area contributed by atoms with Crippen molar-refractivity contribution in [2.45, 2.75) is 88.3 Å². The number of hydrogen-bond acceptors (Lipinski definition) is 6. The third-order valence-electron chi connectivity index (χ3n) is 10.3. The molecular formula is C23H32O6. The van der Waals surface area contributed by atoms with Gasteiger partial charge in [0.15, 0.2) is 6.29 Å². The van der Waals surface area contributed by atoms with Crippen molar-refractivity contribution in [3.8, 4) is 0 Å². The second-order valence-electron chi connectivity index (χ2n) is 11.0. The molecule has 1 saturated heterocycles. The van der Waals surface area contributed by atoms with Crippen LogP contribution >= 0.6 is 0 Å². The maximum Gasteiger partial charge on any atom is 0.331 e. The lowest BCUT2D eigenvalue weighted by molar-refractivity contribution is -0.231. The van der Waals surface area contributed by atoms with Crippen LogP contribution in [0.5, 0.6) is 0 Å². The Morgan fingerprint density at radius 3 is 2.62 bits per heavy atom. The van der Waals surface area contributed by atoms with Crippen LogP contribution < -0.4 is 0 Å². The molecule has 6 rings (SSSR count). The van der Waals surface area contributed by atoms with E-state index in [1.54, 1.807) is 6.08 Å². The minimum Gasteiger partial charge on any atom is -0.458 e. The van der Waals surface area contributed by atoms with Crippen molar-refractivity contribution in [3.05, 3.63) is 11.6 Å². The number of rotatable bonds is 1. The molecule has 0 aromatic carbocycles. The van der Waals surface area contributed by atoms with Gasteiger partial charge in [-0.25, -0.2) is 4.79 Å².